The van der Waals surface area contributed by atoms with Crippen LogP contribution in [-0.4, -0.2) is 19.2 Å². The number of anilines is 1. The fourth-order valence-electron chi connectivity index (χ4n) is 0.858. The molecule has 0 aliphatic carbocycles. The lowest BCUT2D eigenvalue weighted by Gasteiger charge is -2.01. The first-order valence-electron chi connectivity index (χ1n) is 4.28. The van der Waals surface area contributed by atoms with Gasteiger partial charge >= 0.3 is 12.1 Å². The topological polar surface area (TPSA) is 80.1 Å². The highest BCUT2D eigenvalue weighted by Crippen LogP contribution is 2.14. The molecular formula is C9H7F2N3O3. The number of carbonyl (C=O) groups is 2. The van der Waals surface area contributed by atoms with E-state index in [1.807, 2.05) is 5.32 Å². The van der Waals surface area contributed by atoms with E-state index in [0.717, 1.165) is 19.2 Å². The molecule has 90 valence electrons. The van der Waals surface area contributed by atoms with Crippen LogP contribution in [0.3, 0.4) is 0 Å². The molecule has 1 rings (SSSR count). The molecular weight excluding hydrogens is 236 g/mol. The van der Waals surface area contributed by atoms with Gasteiger partial charge in [0.1, 0.15) is 11.6 Å². The van der Waals surface area contributed by atoms with Crippen LogP contribution in [0, 0.1) is 11.6 Å². The van der Waals surface area contributed by atoms with Crippen molar-refractivity contribution in [1.29, 1.82) is 0 Å². The first-order chi connectivity index (χ1) is 8.02. The third kappa shape index (κ3) is 3.93. The average Bonchev–Trinajstić information content (AvgIpc) is 2.29. The molecule has 6 nitrogen and oxygen atoms in total. The van der Waals surface area contributed by atoms with E-state index in [1.165, 1.54) is 0 Å². The third-order valence-electron chi connectivity index (χ3n) is 1.57. The largest absolute Gasteiger partial charge is 0.452 e. The van der Waals surface area contributed by atoms with Gasteiger partial charge in [0.2, 0.25) is 0 Å². The van der Waals surface area contributed by atoms with E-state index in [4.69, 9.17) is 0 Å². The number of methoxy groups -OCH3 is 1. The van der Waals surface area contributed by atoms with Crippen molar-refractivity contribution in [2.24, 2.45) is 10.2 Å². The molecule has 0 fully saturated rings. The van der Waals surface area contributed by atoms with Gasteiger partial charge < -0.3 is 10.1 Å². The Morgan fingerprint density at radius 1 is 1.29 bits per heavy atom. The van der Waals surface area contributed by atoms with E-state index < -0.39 is 23.8 Å². The maximum absolute atomic E-state index is 13.1. The van der Waals surface area contributed by atoms with Crippen LogP contribution in [0.1, 0.15) is 0 Å². The molecule has 0 spiro atoms. The normalized spacial score (nSPS) is 10.3. The van der Waals surface area contributed by atoms with E-state index in [-0.39, 0.29) is 5.69 Å². The predicted octanol–water partition coefficient (Wildman–Crippen LogP) is 2.72. The van der Waals surface area contributed by atoms with Crippen LogP contribution in [-0.2, 0) is 4.74 Å². The molecule has 1 N–H and O–H groups in total. The molecule has 0 bridgehead atoms. The lowest BCUT2D eigenvalue weighted by Crippen LogP contribution is -2.08. The minimum atomic E-state index is -1.08. The monoisotopic (exact) mass is 243 g/mol. The van der Waals surface area contributed by atoms with Crippen molar-refractivity contribution in [1.82, 2.24) is 0 Å². The number of carbonyl (C=O) groups excluding carboxylic acids is 2. The summed E-state index contributed by atoms with van der Waals surface area (Å²) in [5.41, 5.74) is -0.278. The minimum absolute atomic E-state index is 0.278. The molecule has 0 aliphatic heterocycles. The second-order valence-electron chi connectivity index (χ2n) is 2.72. The highest BCUT2D eigenvalue weighted by molar-refractivity contribution is 5.90. The molecule has 0 unspecified atom stereocenters. The third-order valence-corrected chi connectivity index (χ3v) is 1.57. The Kier molecular flexibility index (Phi) is 4.21. The van der Waals surface area contributed by atoms with E-state index in [0.29, 0.717) is 6.07 Å². The van der Waals surface area contributed by atoms with Crippen molar-refractivity contribution in [3.05, 3.63) is 29.8 Å². The summed E-state index contributed by atoms with van der Waals surface area (Å²) in [6.07, 6.45) is -1.07. The van der Waals surface area contributed by atoms with Crippen LogP contribution in [0.15, 0.2) is 28.4 Å². The number of nitrogens with one attached hydrogen (secondary N) is 1. The molecule has 0 saturated carbocycles. The summed E-state index contributed by atoms with van der Waals surface area (Å²) in [4.78, 5) is 21.5. The van der Waals surface area contributed by atoms with Crippen LogP contribution in [0.5, 0.6) is 0 Å². The van der Waals surface area contributed by atoms with Crippen LogP contribution < -0.4 is 5.32 Å². The van der Waals surface area contributed by atoms with Crippen molar-refractivity contribution in [3.63, 3.8) is 0 Å². The number of ether oxygens (including phenoxy) is 1. The zero-order chi connectivity index (χ0) is 12.8. The SMILES string of the molecule is COC(=O)/N=N/C(=O)Nc1ccc(F)cc1F. The molecule has 17 heavy (non-hydrogen) atoms. The van der Waals surface area contributed by atoms with Crippen molar-refractivity contribution >= 4 is 17.8 Å². The quantitative estimate of drug-likeness (QED) is 0.770. The Balaban J connectivity index is 2.68. The van der Waals surface area contributed by atoms with Gasteiger partial charge in [0.15, 0.2) is 0 Å². The smallest absolute Gasteiger partial charge is 0.450 e. The Hall–Kier alpha value is -2.38. The predicted molar refractivity (Wildman–Crippen MR) is 52.6 cm³/mol. The molecule has 1 aromatic rings. The summed E-state index contributed by atoms with van der Waals surface area (Å²) >= 11 is 0. The number of benzene rings is 1. The Morgan fingerprint density at radius 2 is 2.00 bits per heavy atom. The van der Waals surface area contributed by atoms with Gasteiger partial charge in [-0.05, 0) is 12.1 Å². The molecule has 0 heterocycles. The van der Waals surface area contributed by atoms with Gasteiger partial charge in [0.25, 0.3) is 0 Å². The second kappa shape index (κ2) is 5.64. The maximum atomic E-state index is 13.1. The molecule has 0 atom stereocenters. The van der Waals surface area contributed by atoms with Crippen molar-refractivity contribution in [2.75, 3.05) is 12.4 Å². The number of amides is 3. The summed E-state index contributed by atoms with van der Waals surface area (Å²) < 4.78 is 29.7. The molecule has 0 radical (unpaired) electrons. The average molecular weight is 243 g/mol. The van der Waals surface area contributed by atoms with E-state index in [1.54, 1.807) is 0 Å². The van der Waals surface area contributed by atoms with Crippen LogP contribution >= 0.6 is 0 Å². The van der Waals surface area contributed by atoms with Crippen LogP contribution in [0.25, 0.3) is 0 Å². The Bertz CT molecular complexity index is 477. The van der Waals surface area contributed by atoms with Gasteiger partial charge in [-0.15, -0.1) is 0 Å². The maximum Gasteiger partial charge on any atom is 0.452 e. The van der Waals surface area contributed by atoms with Crippen LogP contribution in [0.2, 0.25) is 0 Å². The van der Waals surface area contributed by atoms with E-state index in [2.05, 4.69) is 15.0 Å². The lowest BCUT2D eigenvalue weighted by molar-refractivity contribution is 0.180. The zero-order valence-corrected chi connectivity index (χ0v) is 8.61. The van der Waals surface area contributed by atoms with Gasteiger partial charge in [-0.25, -0.2) is 18.4 Å². The summed E-state index contributed by atoms with van der Waals surface area (Å²) in [6.45, 7) is 0. The minimum Gasteiger partial charge on any atom is -0.450 e. The number of azo groups is 1. The van der Waals surface area contributed by atoms with Gasteiger partial charge in [0, 0.05) is 6.07 Å². The van der Waals surface area contributed by atoms with E-state index in [9.17, 15) is 18.4 Å². The number of rotatable bonds is 1. The number of hydrogen-bond donors (Lipinski definition) is 1. The molecule has 0 aliphatic rings. The first-order valence-corrected chi connectivity index (χ1v) is 4.28. The van der Waals surface area contributed by atoms with Gasteiger partial charge in [-0.3, -0.25) is 0 Å². The standard InChI is InChI=1S/C9H7F2N3O3/c1-17-9(16)14-13-8(15)12-7-3-2-5(10)4-6(7)11/h2-4H,1H3,(H,12,15)/b14-13+. The van der Waals surface area contributed by atoms with E-state index >= 15 is 0 Å². The molecule has 1 aromatic carbocycles. The molecule has 8 heteroatoms. The molecule has 3 amide bonds. The van der Waals surface area contributed by atoms with Gasteiger partial charge in [-0.2, -0.15) is 0 Å². The van der Waals surface area contributed by atoms with Crippen molar-refractivity contribution < 1.29 is 23.1 Å². The van der Waals surface area contributed by atoms with Crippen molar-refractivity contribution in [2.45, 2.75) is 0 Å². The fourth-order valence-corrected chi connectivity index (χ4v) is 0.858. The first kappa shape index (κ1) is 12.7. The van der Waals surface area contributed by atoms with Gasteiger partial charge in [-0.1, -0.05) is 10.2 Å². The van der Waals surface area contributed by atoms with Crippen LogP contribution in [0.4, 0.5) is 24.1 Å². The fraction of sp³-hybridized carbons (Fsp3) is 0.111. The number of halogens is 2. The molecule has 0 aromatic heterocycles. The number of hydrogen-bond acceptors (Lipinski definition) is 3. The van der Waals surface area contributed by atoms with Gasteiger partial charge in [0.05, 0.1) is 12.8 Å². The number of urea groups is 1. The molecule has 0 saturated heterocycles. The van der Waals surface area contributed by atoms with Crippen molar-refractivity contribution in [3.8, 4) is 0 Å². The highest BCUT2D eigenvalue weighted by Gasteiger charge is 2.07. The summed E-state index contributed by atoms with van der Waals surface area (Å²) in [5, 5.41) is 7.70. The second-order valence-corrected chi connectivity index (χ2v) is 2.72. The Labute approximate surface area is 94.3 Å². The highest BCUT2D eigenvalue weighted by atomic mass is 19.1. The number of nitrogens with zero attached hydrogens (tertiary/aromatic N) is 2. The summed E-state index contributed by atoms with van der Waals surface area (Å²) in [6, 6.07) is 1.47. The Morgan fingerprint density at radius 3 is 2.59 bits per heavy atom. The summed E-state index contributed by atoms with van der Waals surface area (Å²) in [7, 11) is 1.05. The lowest BCUT2D eigenvalue weighted by atomic mass is 10.3. The zero-order valence-electron chi connectivity index (χ0n) is 8.61. The summed E-state index contributed by atoms with van der Waals surface area (Å²) in [5.74, 6) is -1.75.